The highest BCUT2D eigenvalue weighted by molar-refractivity contribution is 9.10. The molecule has 0 aliphatic carbocycles. The van der Waals surface area contributed by atoms with Crippen LogP contribution in [0.4, 0.5) is 0 Å². The zero-order valence-electron chi connectivity index (χ0n) is 11.7. The molecule has 20 heavy (non-hydrogen) atoms. The average Bonchev–Trinajstić information content (AvgIpc) is 2.47. The lowest BCUT2D eigenvalue weighted by Crippen LogP contribution is -2.17. The molecule has 1 aromatic heterocycles. The van der Waals surface area contributed by atoms with E-state index in [4.69, 9.17) is 5.26 Å². The highest BCUT2D eigenvalue weighted by atomic mass is 79.9. The van der Waals surface area contributed by atoms with Crippen LogP contribution in [0.3, 0.4) is 0 Å². The molecule has 0 aromatic carbocycles. The molecule has 0 fully saturated rings. The molecule has 104 valence electrons. The lowest BCUT2D eigenvalue weighted by molar-refractivity contribution is -0.104. The number of nitriles is 1. The van der Waals surface area contributed by atoms with Gasteiger partial charge in [-0.3, -0.25) is 9.78 Å². The van der Waals surface area contributed by atoms with Crippen LogP contribution in [-0.4, -0.2) is 18.0 Å². The molecule has 1 rings (SSSR count). The van der Waals surface area contributed by atoms with E-state index >= 15 is 0 Å². The van der Waals surface area contributed by atoms with Gasteiger partial charge in [-0.2, -0.15) is 0 Å². The number of carbonyl (C=O) groups excluding carboxylic acids is 1. The zero-order valence-corrected chi connectivity index (χ0v) is 13.3. The SMILES string of the molecule is CB(C#N)CC/C(NCc1ccncc1Br)=C(/C)C=O. The molecule has 0 bridgehead atoms. The average molecular weight is 334 g/mol. The molecule has 0 aliphatic heterocycles. The summed E-state index contributed by atoms with van der Waals surface area (Å²) in [6.07, 6.45) is 5.75. The number of hydrogen-bond acceptors (Lipinski definition) is 4. The number of carbonyl (C=O) groups is 1. The first kappa shape index (κ1) is 16.4. The van der Waals surface area contributed by atoms with Crippen molar-refractivity contribution in [3.8, 4) is 5.97 Å². The van der Waals surface area contributed by atoms with Crippen molar-refractivity contribution in [1.29, 1.82) is 5.26 Å². The molecular weight excluding hydrogens is 317 g/mol. The molecular formula is C14H17BBrN3O. The molecule has 0 saturated carbocycles. The van der Waals surface area contributed by atoms with Crippen molar-refractivity contribution >= 4 is 28.9 Å². The van der Waals surface area contributed by atoms with Crippen molar-refractivity contribution in [1.82, 2.24) is 10.3 Å². The second kappa shape index (κ2) is 8.54. The first-order valence-corrected chi connectivity index (χ1v) is 7.24. The third-order valence-electron chi connectivity index (χ3n) is 3.05. The van der Waals surface area contributed by atoms with E-state index in [2.05, 4.69) is 32.2 Å². The van der Waals surface area contributed by atoms with Gasteiger partial charge in [0.25, 0.3) is 6.71 Å². The molecule has 0 saturated heterocycles. The number of halogens is 1. The number of aldehydes is 1. The Morgan fingerprint density at radius 1 is 1.65 bits per heavy atom. The van der Waals surface area contributed by atoms with E-state index < -0.39 is 0 Å². The fraction of sp³-hybridized carbons (Fsp3) is 0.357. The lowest BCUT2D eigenvalue weighted by Gasteiger charge is -2.13. The summed E-state index contributed by atoms with van der Waals surface area (Å²) in [4.78, 5) is 15.0. The summed E-state index contributed by atoms with van der Waals surface area (Å²) in [6, 6.07) is 1.92. The molecule has 0 aliphatic rings. The Bertz CT molecular complexity index is 539. The zero-order chi connectivity index (χ0) is 15.0. The first-order chi connectivity index (χ1) is 9.58. The molecule has 0 atom stereocenters. The Morgan fingerprint density at radius 2 is 2.40 bits per heavy atom. The standard InChI is InChI=1S/C14H17BBrN3O/c1-11(9-20)14(3-5-15(2)10-17)19-7-12-4-6-18-8-13(12)16/h4,6,8-9,19H,3,5,7H2,1-2H3/b14-11+. The van der Waals surface area contributed by atoms with E-state index in [1.54, 1.807) is 19.3 Å². The van der Waals surface area contributed by atoms with Gasteiger partial charge in [0.15, 0.2) is 0 Å². The summed E-state index contributed by atoms with van der Waals surface area (Å²) >= 11 is 3.44. The van der Waals surface area contributed by atoms with E-state index in [9.17, 15) is 4.79 Å². The smallest absolute Gasteiger partial charge is 0.265 e. The maximum Gasteiger partial charge on any atom is 0.265 e. The third-order valence-corrected chi connectivity index (χ3v) is 3.76. The van der Waals surface area contributed by atoms with Crippen LogP contribution in [-0.2, 0) is 11.3 Å². The topological polar surface area (TPSA) is 65.8 Å². The van der Waals surface area contributed by atoms with Gasteiger partial charge in [-0.05, 0) is 40.9 Å². The van der Waals surface area contributed by atoms with Gasteiger partial charge >= 0.3 is 0 Å². The van der Waals surface area contributed by atoms with Crippen LogP contribution in [0, 0.1) is 11.2 Å². The first-order valence-electron chi connectivity index (χ1n) is 6.45. The molecule has 0 unspecified atom stereocenters. The number of nitrogens with zero attached hydrogens (tertiary/aromatic N) is 2. The molecule has 1 aromatic rings. The van der Waals surface area contributed by atoms with Gasteiger partial charge in [-0.1, -0.05) is 13.1 Å². The molecule has 0 amide bonds. The van der Waals surface area contributed by atoms with Crippen LogP contribution in [0.5, 0.6) is 0 Å². The summed E-state index contributed by atoms with van der Waals surface area (Å²) in [7, 11) is 0. The van der Waals surface area contributed by atoms with Crippen LogP contribution < -0.4 is 5.32 Å². The van der Waals surface area contributed by atoms with Crippen LogP contribution >= 0.6 is 15.9 Å². The maximum absolute atomic E-state index is 11.0. The fourth-order valence-corrected chi connectivity index (χ4v) is 2.06. The van der Waals surface area contributed by atoms with Gasteiger partial charge in [0.2, 0.25) is 0 Å². The molecule has 1 N–H and O–H groups in total. The van der Waals surface area contributed by atoms with E-state index in [1.807, 2.05) is 12.9 Å². The van der Waals surface area contributed by atoms with Gasteiger partial charge in [0.05, 0.1) is 0 Å². The van der Waals surface area contributed by atoms with E-state index in [-0.39, 0.29) is 6.71 Å². The Kier molecular flexibility index (Phi) is 7.03. The summed E-state index contributed by atoms with van der Waals surface area (Å²) in [5, 5.41) is 12.1. The normalized spacial score (nSPS) is 11.3. The molecule has 1 heterocycles. The van der Waals surface area contributed by atoms with Crippen molar-refractivity contribution in [2.75, 3.05) is 0 Å². The number of nitrogens with one attached hydrogen (secondary N) is 1. The molecule has 6 heteroatoms. The second-order valence-corrected chi connectivity index (χ2v) is 5.52. The van der Waals surface area contributed by atoms with Gasteiger partial charge in [0.1, 0.15) is 6.29 Å². The van der Waals surface area contributed by atoms with Crippen LogP contribution in [0.25, 0.3) is 0 Å². The fourth-order valence-electron chi connectivity index (χ4n) is 1.67. The molecule has 0 radical (unpaired) electrons. The number of aromatic nitrogens is 1. The highest BCUT2D eigenvalue weighted by Gasteiger charge is 2.10. The predicted molar refractivity (Wildman–Crippen MR) is 84.2 cm³/mol. The Morgan fingerprint density at radius 3 is 3.00 bits per heavy atom. The minimum absolute atomic E-state index is 0.0149. The Labute approximate surface area is 128 Å². The van der Waals surface area contributed by atoms with Crippen LogP contribution in [0.15, 0.2) is 34.2 Å². The Hall–Kier alpha value is -1.61. The van der Waals surface area contributed by atoms with E-state index in [1.165, 1.54) is 0 Å². The van der Waals surface area contributed by atoms with Crippen molar-refractivity contribution in [2.24, 2.45) is 0 Å². The quantitative estimate of drug-likeness (QED) is 0.473. The van der Waals surface area contributed by atoms with E-state index in [0.717, 1.165) is 28.3 Å². The van der Waals surface area contributed by atoms with Crippen molar-refractivity contribution in [3.05, 3.63) is 39.8 Å². The lowest BCUT2D eigenvalue weighted by atomic mass is 9.50. The largest absolute Gasteiger partial charge is 0.384 e. The minimum Gasteiger partial charge on any atom is -0.384 e. The van der Waals surface area contributed by atoms with Crippen LogP contribution in [0.1, 0.15) is 18.9 Å². The third kappa shape index (κ3) is 5.18. The van der Waals surface area contributed by atoms with E-state index in [0.29, 0.717) is 18.5 Å². The van der Waals surface area contributed by atoms with Crippen molar-refractivity contribution in [2.45, 2.75) is 33.0 Å². The monoisotopic (exact) mass is 333 g/mol. The van der Waals surface area contributed by atoms with Crippen molar-refractivity contribution < 1.29 is 4.79 Å². The minimum atomic E-state index is -0.0149. The number of hydrogen-bond donors (Lipinski definition) is 1. The molecule has 0 spiro atoms. The van der Waals surface area contributed by atoms with Gasteiger partial charge in [0, 0.05) is 40.6 Å². The van der Waals surface area contributed by atoms with Crippen LogP contribution in [0.2, 0.25) is 13.1 Å². The number of rotatable bonds is 7. The van der Waals surface area contributed by atoms with Gasteiger partial charge < -0.3 is 5.32 Å². The molecule has 4 nitrogen and oxygen atoms in total. The van der Waals surface area contributed by atoms with Gasteiger partial charge in [-0.25, -0.2) is 5.26 Å². The predicted octanol–water partition coefficient (Wildman–Crippen LogP) is 2.98. The second-order valence-electron chi connectivity index (χ2n) is 4.67. The van der Waals surface area contributed by atoms with Gasteiger partial charge in [-0.15, -0.1) is 0 Å². The summed E-state index contributed by atoms with van der Waals surface area (Å²) in [5.41, 5.74) is 2.65. The Balaban J connectivity index is 2.70. The summed E-state index contributed by atoms with van der Waals surface area (Å²) in [5.74, 6) is 2.21. The summed E-state index contributed by atoms with van der Waals surface area (Å²) in [6.45, 7) is 4.27. The summed E-state index contributed by atoms with van der Waals surface area (Å²) < 4.78 is 0.931. The number of pyridine rings is 1. The number of allylic oxidation sites excluding steroid dienone is 2. The highest BCUT2D eigenvalue weighted by Crippen LogP contribution is 2.16. The van der Waals surface area contributed by atoms with Crippen molar-refractivity contribution in [3.63, 3.8) is 0 Å². The maximum atomic E-state index is 11.0.